The summed E-state index contributed by atoms with van der Waals surface area (Å²) in [6, 6.07) is 7.66. The molecule has 4 nitrogen and oxygen atoms in total. The Morgan fingerprint density at radius 1 is 1.27 bits per heavy atom. The van der Waals surface area contributed by atoms with Crippen LogP contribution in [-0.4, -0.2) is 36.5 Å². The van der Waals surface area contributed by atoms with Crippen LogP contribution in [0, 0.1) is 11.3 Å². The predicted octanol–water partition coefficient (Wildman–Crippen LogP) is 2.69. The molecule has 0 aliphatic carbocycles. The van der Waals surface area contributed by atoms with E-state index in [4.69, 9.17) is 11.6 Å². The van der Waals surface area contributed by atoms with Crippen molar-refractivity contribution in [3.63, 3.8) is 0 Å². The number of halogens is 1. The molecule has 0 bridgehead atoms. The van der Waals surface area contributed by atoms with Crippen LogP contribution in [0.4, 0.5) is 0 Å². The summed E-state index contributed by atoms with van der Waals surface area (Å²) in [5.41, 5.74) is 7.67. The van der Waals surface area contributed by atoms with Gasteiger partial charge >= 0.3 is 0 Å². The van der Waals surface area contributed by atoms with Gasteiger partial charge in [-0.3, -0.25) is 15.6 Å². The Kier molecular flexibility index (Phi) is 4.44. The van der Waals surface area contributed by atoms with E-state index in [0.29, 0.717) is 17.0 Å². The first kappa shape index (κ1) is 15.8. The Morgan fingerprint density at radius 2 is 1.91 bits per heavy atom. The quantitative estimate of drug-likeness (QED) is 0.880. The summed E-state index contributed by atoms with van der Waals surface area (Å²) in [4.78, 5) is 14.5. The molecule has 2 saturated heterocycles. The molecule has 2 heterocycles. The minimum Gasteiger partial charge on any atom is -0.339 e. The van der Waals surface area contributed by atoms with Gasteiger partial charge in [0.1, 0.15) is 0 Å². The van der Waals surface area contributed by atoms with Gasteiger partial charge in [-0.25, -0.2) is 0 Å². The van der Waals surface area contributed by atoms with Crippen molar-refractivity contribution in [1.29, 1.82) is 0 Å². The van der Waals surface area contributed by atoms with Crippen molar-refractivity contribution in [3.8, 4) is 0 Å². The molecule has 2 unspecified atom stereocenters. The summed E-state index contributed by atoms with van der Waals surface area (Å²) in [7, 11) is 0. The number of hydrogen-bond donors (Lipinski definition) is 2. The second-order valence-electron chi connectivity index (χ2n) is 6.93. The molecule has 0 aromatic heterocycles. The van der Waals surface area contributed by atoms with E-state index in [1.165, 1.54) is 0 Å². The standard InChI is InChI=1S/C17H24ClN3O/c1-12-11-19-20-15(12)17(2)7-9-21(10-8-17)16(22)13-3-5-14(18)6-4-13/h3-6,12,15,19-20H,7-11H2,1-2H3. The first-order valence-electron chi connectivity index (χ1n) is 8.03. The number of hydrazine groups is 1. The lowest BCUT2D eigenvalue weighted by molar-refractivity contribution is 0.0498. The van der Waals surface area contributed by atoms with Gasteiger partial charge in [0.05, 0.1) is 0 Å². The van der Waals surface area contributed by atoms with Crippen molar-refractivity contribution in [2.45, 2.75) is 32.7 Å². The number of nitrogens with zero attached hydrogens (tertiary/aromatic N) is 1. The largest absolute Gasteiger partial charge is 0.339 e. The van der Waals surface area contributed by atoms with E-state index in [2.05, 4.69) is 24.7 Å². The molecule has 3 rings (SSSR count). The third-order valence-electron chi connectivity index (χ3n) is 5.29. The summed E-state index contributed by atoms with van der Waals surface area (Å²) in [6.07, 6.45) is 2.08. The van der Waals surface area contributed by atoms with Crippen LogP contribution in [0.3, 0.4) is 0 Å². The summed E-state index contributed by atoms with van der Waals surface area (Å²) in [5, 5.41) is 0.663. The van der Waals surface area contributed by atoms with Gasteiger partial charge in [-0.2, -0.15) is 0 Å². The fraction of sp³-hybridized carbons (Fsp3) is 0.588. The Balaban J connectivity index is 1.63. The minimum absolute atomic E-state index is 0.115. The third kappa shape index (κ3) is 3.00. The van der Waals surface area contributed by atoms with Crippen molar-refractivity contribution in [2.24, 2.45) is 11.3 Å². The smallest absolute Gasteiger partial charge is 0.253 e. The number of carbonyl (C=O) groups is 1. The average molecular weight is 322 g/mol. The molecular weight excluding hydrogens is 298 g/mol. The van der Waals surface area contributed by atoms with Crippen LogP contribution < -0.4 is 10.9 Å². The van der Waals surface area contributed by atoms with E-state index >= 15 is 0 Å². The van der Waals surface area contributed by atoms with Crippen LogP contribution in [-0.2, 0) is 0 Å². The molecule has 2 aliphatic heterocycles. The zero-order valence-corrected chi connectivity index (χ0v) is 14.0. The molecule has 22 heavy (non-hydrogen) atoms. The second kappa shape index (κ2) is 6.19. The second-order valence-corrected chi connectivity index (χ2v) is 7.37. The highest BCUT2D eigenvalue weighted by molar-refractivity contribution is 6.30. The third-order valence-corrected chi connectivity index (χ3v) is 5.54. The van der Waals surface area contributed by atoms with Gasteiger partial charge in [0.2, 0.25) is 0 Å². The van der Waals surface area contributed by atoms with Crippen molar-refractivity contribution in [1.82, 2.24) is 15.8 Å². The first-order valence-corrected chi connectivity index (χ1v) is 8.41. The number of piperidine rings is 1. The molecule has 0 spiro atoms. The fourth-order valence-electron chi connectivity index (χ4n) is 3.76. The zero-order chi connectivity index (χ0) is 15.7. The maximum absolute atomic E-state index is 12.6. The highest BCUT2D eigenvalue weighted by Gasteiger charge is 2.42. The molecule has 2 N–H and O–H groups in total. The molecule has 1 aromatic carbocycles. The monoisotopic (exact) mass is 321 g/mol. The van der Waals surface area contributed by atoms with Gasteiger partial charge in [-0.05, 0) is 48.4 Å². The summed E-state index contributed by atoms with van der Waals surface area (Å²) >= 11 is 5.89. The minimum atomic E-state index is 0.115. The molecule has 2 atom stereocenters. The number of amides is 1. The van der Waals surface area contributed by atoms with Crippen molar-refractivity contribution >= 4 is 17.5 Å². The van der Waals surface area contributed by atoms with Crippen LogP contribution in [0.25, 0.3) is 0 Å². The lowest BCUT2D eigenvalue weighted by Gasteiger charge is -2.44. The Hall–Kier alpha value is -1.10. The van der Waals surface area contributed by atoms with Crippen molar-refractivity contribution in [2.75, 3.05) is 19.6 Å². The van der Waals surface area contributed by atoms with E-state index in [1.54, 1.807) is 12.1 Å². The van der Waals surface area contributed by atoms with Gasteiger partial charge in [0.15, 0.2) is 0 Å². The lowest BCUT2D eigenvalue weighted by Crippen LogP contribution is -2.51. The number of hydrogen-bond acceptors (Lipinski definition) is 3. The highest BCUT2D eigenvalue weighted by atomic mass is 35.5. The summed E-state index contributed by atoms with van der Waals surface area (Å²) < 4.78 is 0. The molecule has 5 heteroatoms. The number of benzene rings is 1. The molecule has 0 radical (unpaired) electrons. The molecule has 2 fully saturated rings. The van der Waals surface area contributed by atoms with Crippen LogP contribution in [0.2, 0.25) is 5.02 Å². The topological polar surface area (TPSA) is 44.4 Å². The van der Waals surface area contributed by atoms with Gasteiger partial charge in [0, 0.05) is 36.3 Å². The number of rotatable bonds is 2. The van der Waals surface area contributed by atoms with Crippen LogP contribution >= 0.6 is 11.6 Å². The van der Waals surface area contributed by atoms with Crippen LogP contribution in [0.15, 0.2) is 24.3 Å². The number of carbonyl (C=O) groups excluding carboxylic acids is 1. The van der Waals surface area contributed by atoms with Crippen LogP contribution in [0.1, 0.15) is 37.0 Å². The van der Waals surface area contributed by atoms with E-state index in [-0.39, 0.29) is 11.3 Å². The van der Waals surface area contributed by atoms with Crippen molar-refractivity contribution < 1.29 is 4.79 Å². The summed E-state index contributed by atoms with van der Waals surface area (Å²) in [5.74, 6) is 0.743. The van der Waals surface area contributed by atoms with Gasteiger partial charge in [-0.15, -0.1) is 0 Å². The molecule has 1 amide bonds. The first-order chi connectivity index (χ1) is 10.5. The lowest BCUT2D eigenvalue weighted by atomic mass is 9.71. The fourth-order valence-corrected chi connectivity index (χ4v) is 3.88. The zero-order valence-electron chi connectivity index (χ0n) is 13.2. The Labute approximate surface area is 137 Å². The molecule has 2 aliphatic rings. The van der Waals surface area contributed by atoms with Gasteiger partial charge in [0.25, 0.3) is 5.91 Å². The molecular formula is C17H24ClN3O. The van der Waals surface area contributed by atoms with Gasteiger partial charge < -0.3 is 4.90 Å². The van der Waals surface area contributed by atoms with E-state index in [1.807, 2.05) is 17.0 Å². The van der Waals surface area contributed by atoms with Crippen molar-refractivity contribution in [3.05, 3.63) is 34.9 Å². The molecule has 120 valence electrons. The highest BCUT2D eigenvalue weighted by Crippen LogP contribution is 2.38. The maximum Gasteiger partial charge on any atom is 0.253 e. The SMILES string of the molecule is CC1CNNC1C1(C)CCN(C(=O)c2ccc(Cl)cc2)CC1. The Morgan fingerprint density at radius 3 is 2.45 bits per heavy atom. The van der Waals surface area contributed by atoms with E-state index < -0.39 is 0 Å². The Bertz CT molecular complexity index is 537. The number of likely N-dealkylation sites (tertiary alicyclic amines) is 1. The normalized spacial score (nSPS) is 27.9. The van der Waals surface area contributed by atoms with Gasteiger partial charge in [-0.1, -0.05) is 25.4 Å². The average Bonchev–Trinajstić information content (AvgIpc) is 2.95. The maximum atomic E-state index is 12.6. The summed E-state index contributed by atoms with van der Waals surface area (Å²) in [6.45, 7) is 7.30. The van der Waals surface area contributed by atoms with E-state index in [9.17, 15) is 4.79 Å². The van der Waals surface area contributed by atoms with E-state index in [0.717, 1.165) is 38.0 Å². The molecule has 1 aromatic rings. The molecule has 0 saturated carbocycles. The predicted molar refractivity (Wildman–Crippen MR) is 88.8 cm³/mol. The van der Waals surface area contributed by atoms with Crippen LogP contribution in [0.5, 0.6) is 0 Å². The number of nitrogens with one attached hydrogen (secondary N) is 2.